The number of nitrogens with one attached hydrogen (secondary N) is 1. The lowest BCUT2D eigenvalue weighted by Gasteiger charge is -2.36. The number of rotatable bonds is 6. The minimum absolute atomic E-state index is 0.00108. The van der Waals surface area contributed by atoms with Crippen molar-refractivity contribution in [2.45, 2.75) is 70.0 Å². The van der Waals surface area contributed by atoms with Crippen LogP contribution in [-0.2, 0) is 16.1 Å². The summed E-state index contributed by atoms with van der Waals surface area (Å²) >= 11 is 0. The monoisotopic (exact) mass is 374 g/mol. The molecule has 1 aromatic rings. The molecule has 6 heteroatoms. The standard InChI is InChI=1S/C21H30N2O4/c1-21(20(25)22-16-7-5-4-6-8-16)12-11-19(24)23(21)14-15-13-17(26-2)9-10-18(15)27-3/h9-10,13,16H,4-8,11-12,14H2,1-3H3,(H,22,25). The first kappa shape index (κ1) is 19.5. The molecule has 1 aromatic carbocycles. The summed E-state index contributed by atoms with van der Waals surface area (Å²) in [6.45, 7) is 2.20. The van der Waals surface area contributed by atoms with Crippen LogP contribution >= 0.6 is 0 Å². The normalized spacial score (nSPS) is 23.4. The maximum Gasteiger partial charge on any atom is 0.245 e. The zero-order valence-electron chi connectivity index (χ0n) is 16.5. The lowest BCUT2D eigenvalue weighted by molar-refractivity contribution is -0.141. The van der Waals surface area contributed by atoms with Gasteiger partial charge in [0.2, 0.25) is 11.8 Å². The van der Waals surface area contributed by atoms with Gasteiger partial charge >= 0.3 is 0 Å². The van der Waals surface area contributed by atoms with E-state index in [9.17, 15) is 9.59 Å². The molecular weight excluding hydrogens is 344 g/mol. The van der Waals surface area contributed by atoms with E-state index in [2.05, 4.69) is 5.32 Å². The summed E-state index contributed by atoms with van der Waals surface area (Å²) in [6, 6.07) is 5.74. The fraction of sp³-hybridized carbons (Fsp3) is 0.619. The second-order valence-electron chi connectivity index (χ2n) is 7.74. The second kappa shape index (κ2) is 8.19. The van der Waals surface area contributed by atoms with Crippen LogP contribution in [0, 0.1) is 0 Å². The van der Waals surface area contributed by atoms with Crippen LogP contribution in [0.1, 0.15) is 57.4 Å². The van der Waals surface area contributed by atoms with Crippen LogP contribution in [-0.4, -0.2) is 42.5 Å². The zero-order valence-corrected chi connectivity index (χ0v) is 16.5. The largest absolute Gasteiger partial charge is 0.497 e. The van der Waals surface area contributed by atoms with Gasteiger partial charge in [0, 0.05) is 18.0 Å². The van der Waals surface area contributed by atoms with E-state index in [1.165, 1.54) is 6.42 Å². The van der Waals surface area contributed by atoms with Crippen molar-refractivity contribution in [3.05, 3.63) is 23.8 Å². The van der Waals surface area contributed by atoms with Gasteiger partial charge in [0.25, 0.3) is 0 Å². The average Bonchev–Trinajstić information content (AvgIpc) is 2.98. The molecule has 3 rings (SSSR count). The van der Waals surface area contributed by atoms with Gasteiger partial charge in [-0.05, 0) is 44.4 Å². The summed E-state index contributed by atoms with van der Waals surface area (Å²) in [4.78, 5) is 27.4. The molecule has 1 unspecified atom stereocenters. The molecule has 1 saturated heterocycles. The molecule has 1 saturated carbocycles. The zero-order chi connectivity index (χ0) is 19.4. The van der Waals surface area contributed by atoms with E-state index >= 15 is 0 Å². The highest BCUT2D eigenvalue weighted by Gasteiger charge is 2.47. The van der Waals surface area contributed by atoms with E-state index in [0.717, 1.165) is 31.2 Å². The third-order valence-corrected chi connectivity index (χ3v) is 5.97. The summed E-state index contributed by atoms with van der Waals surface area (Å²) in [7, 11) is 3.21. The molecule has 1 N–H and O–H groups in total. The Bertz CT molecular complexity index is 699. The van der Waals surface area contributed by atoms with E-state index < -0.39 is 5.54 Å². The van der Waals surface area contributed by atoms with Crippen molar-refractivity contribution in [1.82, 2.24) is 10.2 Å². The number of carbonyl (C=O) groups excluding carboxylic acids is 2. The number of likely N-dealkylation sites (tertiary alicyclic amines) is 1. The van der Waals surface area contributed by atoms with Crippen molar-refractivity contribution in [3.63, 3.8) is 0 Å². The first-order valence-electron chi connectivity index (χ1n) is 9.80. The number of ether oxygens (including phenoxy) is 2. The quantitative estimate of drug-likeness (QED) is 0.831. The van der Waals surface area contributed by atoms with Crippen LogP contribution in [0.15, 0.2) is 18.2 Å². The highest BCUT2D eigenvalue weighted by atomic mass is 16.5. The van der Waals surface area contributed by atoms with Gasteiger partial charge in [-0.3, -0.25) is 9.59 Å². The summed E-state index contributed by atoms with van der Waals surface area (Å²) in [6.07, 6.45) is 6.54. The van der Waals surface area contributed by atoms with Gasteiger partial charge in [0.05, 0.1) is 20.8 Å². The summed E-state index contributed by atoms with van der Waals surface area (Å²) in [5.41, 5.74) is 0.00611. The second-order valence-corrected chi connectivity index (χ2v) is 7.74. The lowest BCUT2D eigenvalue weighted by atomic mass is 9.92. The maximum atomic E-state index is 13.1. The summed E-state index contributed by atoms with van der Waals surface area (Å²) < 4.78 is 10.8. The van der Waals surface area contributed by atoms with Crippen LogP contribution in [0.2, 0.25) is 0 Å². The van der Waals surface area contributed by atoms with Gasteiger partial charge < -0.3 is 19.7 Å². The average molecular weight is 374 g/mol. The molecule has 0 bridgehead atoms. The van der Waals surface area contributed by atoms with E-state index in [-0.39, 0.29) is 17.9 Å². The van der Waals surface area contributed by atoms with Crippen LogP contribution in [0.5, 0.6) is 11.5 Å². The van der Waals surface area contributed by atoms with Crippen LogP contribution in [0.25, 0.3) is 0 Å². The minimum Gasteiger partial charge on any atom is -0.497 e. The van der Waals surface area contributed by atoms with Gasteiger partial charge in [0.15, 0.2) is 0 Å². The molecule has 0 aromatic heterocycles. The van der Waals surface area contributed by atoms with E-state index in [1.807, 2.05) is 25.1 Å². The van der Waals surface area contributed by atoms with E-state index in [1.54, 1.807) is 19.1 Å². The first-order valence-corrected chi connectivity index (χ1v) is 9.80. The Morgan fingerprint density at radius 1 is 1.22 bits per heavy atom. The number of amides is 2. The molecular formula is C21H30N2O4. The van der Waals surface area contributed by atoms with Crippen molar-refractivity contribution in [2.24, 2.45) is 0 Å². The number of hydrogen-bond acceptors (Lipinski definition) is 4. The van der Waals surface area contributed by atoms with Gasteiger partial charge in [-0.2, -0.15) is 0 Å². The van der Waals surface area contributed by atoms with Crippen molar-refractivity contribution in [3.8, 4) is 11.5 Å². The van der Waals surface area contributed by atoms with Gasteiger partial charge in [-0.25, -0.2) is 0 Å². The Morgan fingerprint density at radius 2 is 1.96 bits per heavy atom. The number of nitrogens with zero attached hydrogens (tertiary/aromatic N) is 1. The third kappa shape index (κ3) is 4.04. The molecule has 2 fully saturated rings. The predicted octanol–water partition coefficient (Wildman–Crippen LogP) is 3.03. The maximum absolute atomic E-state index is 13.1. The summed E-state index contributed by atoms with van der Waals surface area (Å²) in [5, 5.41) is 3.20. The molecule has 1 heterocycles. The SMILES string of the molecule is COc1ccc(OC)c(CN2C(=O)CCC2(C)C(=O)NC2CCCCC2)c1. The number of benzene rings is 1. The Hall–Kier alpha value is -2.24. The van der Waals surface area contributed by atoms with Gasteiger partial charge in [-0.15, -0.1) is 0 Å². The van der Waals surface area contributed by atoms with Crippen molar-refractivity contribution >= 4 is 11.8 Å². The Morgan fingerprint density at radius 3 is 2.63 bits per heavy atom. The molecule has 1 atom stereocenters. The lowest BCUT2D eigenvalue weighted by Crippen LogP contribution is -2.56. The molecule has 0 radical (unpaired) electrons. The molecule has 148 valence electrons. The molecule has 0 spiro atoms. The van der Waals surface area contributed by atoms with Crippen molar-refractivity contribution in [1.29, 1.82) is 0 Å². The van der Waals surface area contributed by atoms with Crippen LogP contribution < -0.4 is 14.8 Å². The first-order chi connectivity index (χ1) is 13.0. The fourth-order valence-electron chi connectivity index (χ4n) is 4.16. The number of carbonyl (C=O) groups is 2. The summed E-state index contributed by atoms with van der Waals surface area (Å²) in [5.74, 6) is 1.35. The molecule has 27 heavy (non-hydrogen) atoms. The fourth-order valence-corrected chi connectivity index (χ4v) is 4.16. The predicted molar refractivity (Wildman–Crippen MR) is 103 cm³/mol. The molecule has 2 aliphatic rings. The third-order valence-electron chi connectivity index (χ3n) is 5.97. The number of hydrogen-bond donors (Lipinski definition) is 1. The Labute approximate surface area is 161 Å². The van der Waals surface area contributed by atoms with Crippen molar-refractivity contribution in [2.75, 3.05) is 14.2 Å². The van der Waals surface area contributed by atoms with Gasteiger partial charge in [-0.1, -0.05) is 19.3 Å². The Balaban J connectivity index is 1.80. The highest BCUT2D eigenvalue weighted by molar-refractivity contribution is 5.94. The highest BCUT2D eigenvalue weighted by Crippen LogP contribution is 2.35. The topological polar surface area (TPSA) is 67.9 Å². The number of methoxy groups -OCH3 is 2. The molecule has 6 nitrogen and oxygen atoms in total. The minimum atomic E-state index is -0.831. The van der Waals surface area contributed by atoms with Crippen LogP contribution in [0.4, 0.5) is 0 Å². The van der Waals surface area contributed by atoms with Crippen LogP contribution in [0.3, 0.4) is 0 Å². The molecule has 2 amide bonds. The smallest absolute Gasteiger partial charge is 0.245 e. The Kier molecular flexibility index (Phi) is 5.92. The van der Waals surface area contributed by atoms with Crippen molar-refractivity contribution < 1.29 is 19.1 Å². The molecule has 1 aliphatic heterocycles. The molecule has 1 aliphatic carbocycles. The van der Waals surface area contributed by atoms with E-state index in [4.69, 9.17) is 9.47 Å². The van der Waals surface area contributed by atoms with E-state index in [0.29, 0.717) is 30.9 Å². The van der Waals surface area contributed by atoms with Gasteiger partial charge in [0.1, 0.15) is 17.0 Å².